The largest absolute Gasteiger partial charge is 0.480 e. The monoisotopic (exact) mass is 336 g/mol. The highest BCUT2D eigenvalue weighted by molar-refractivity contribution is 7.12. The minimum Gasteiger partial charge on any atom is -0.480 e. The third-order valence-electron chi connectivity index (χ3n) is 4.89. The lowest BCUT2D eigenvalue weighted by molar-refractivity contribution is -0.150. The molecule has 6 nitrogen and oxygen atoms in total. The summed E-state index contributed by atoms with van der Waals surface area (Å²) in [6.07, 6.45) is 2.88. The summed E-state index contributed by atoms with van der Waals surface area (Å²) in [6, 6.07) is 1.98. The highest BCUT2D eigenvalue weighted by Gasteiger charge is 2.50. The van der Waals surface area contributed by atoms with Crippen molar-refractivity contribution in [2.75, 3.05) is 6.54 Å². The van der Waals surface area contributed by atoms with Gasteiger partial charge in [0, 0.05) is 6.54 Å². The Labute approximate surface area is 138 Å². The van der Waals surface area contributed by atoms with Crippen LogP contribution in [0.3, 0.4) is 0 Å². The van der Waals surface area contributed by atoms with E-state index < -0.39 is 18.1 Å². The van der Waals surface area contributed by atoms with Crippen molar-refractivity contribution in [3.63, 3.8) is 0 Å². The van der Waals surface area contributed by atoms with E-state index in [2.05, 4.69) is 5.32 Å². The second kappa shape index (κ2) is 6.31. The molecule has 4 atom stereocenters. The zero-order chi connectivity index (χ0) is 16.6. The van der Waals surface area contributed by atoms with Crippen LogP contribution in [0.2, 0.25) is 0 Å². The minimum absolute atomic E-state index is 0.0525. The van der Waals surface area contributed by atoms with E-state index >= 15 is 0 Å². The fourth-order valence-electron chi connectivity index (χ4n) is 3.83. The predicted octanol–water partition coefficient (Wildman–Crippen LogP) is 1.58. The number of hydrogen-bond acceptors (Lipinski definition) is 4. The molecular formula is C16H20N2O4S. The van der Waals surface area contributed by atoms with Gasteiger partial charge in [0.15, 0.2) is 0 Å². The van der Waals surface area contributed by atoms with E-state index in [-0.39, 0.29) is 23.7 Å². The molecule has 1 saturated heterocycles. The second-order valence-electron chi connectivity index (χ2n) is 6.30. The van der Waals surface area contributed by atoms with E-state index in [1.54, 1.807) is 24.4 Å². The van der Waals surface area contributed by atoms with Crippen LogP contribution in [0.15, 0.2) is 17.5 Å². The number of carboxylic acid groups (broad SMARTS) is 1. The average Bonchev–Trinajstić information content (AvgIpc) is 3.21. The molecule has 124 valence electrons. The zero-order valence-electron chi connectivity index (χ0n) is 12.9. The lowest BCUT2D eigenvalue weighted by atomic mass is 9.94. The van der Waals surface area contributed by atoms with Gasteiger partial charge in [0.25, 0.3) is 5.91 Å². The summed E-state index contributed by atoms with van der Waals surface area (Å²) in [6.45, 7) is 2.10. The standard InChI is InChI=1S/C16H20N2O4S/c1-9(17-14(19)12-6-3-7-23-12)15(20)18-8-10-4-2-5-11(10)13(18)16(21)22/h3,6-7,9-11,13H,2,4-5,8H2,1H3,(H,17,19)(H,21,22). The van der Waals surface area contributed by atoms with E-state index in [4.69, 9.17) is 0 Å². The number of likely N-dealkylation sites (tertiary alicyclic amines) is 1. The van der Waals surface area contributed by atoms with Gasteiger partial charge in [-0.2, -0.15) is 0 Å². The number of carbonyl (C=O) groups is 3. The maximum Gasteiger partial charge on any atom is 0.326 e. The molecular weight excluding hydrogens is 316 g/mol. The Hall–Kier alpha value is -1.89. The van der Waals surface area contributed by atoms with Crippen LogP contribution in [0.1, 0.15) is 35.9 Å². The number of hydrogen-bond donors (Lipinski definition) is 2. The van der Waals surface area contributed by atoms with Gasteiger partial charge in [-0.3, -0.25) is 9.59 Å². The lowest BCUT2D eigenvalue weighted by Gasteiger charge is -2.27. The molecule has 2 amide bonds. The maximum atomic E-state index is 12.6. The summed E-state index contributed by atoms with van der Waals surface area (Å²) >= 11 is 1.30. The summed E-state index contributed by atoms with van der Waals surface area (Å²) in [7, 11) is 0. The predicted molar refractivity (Wildman–Crippen MR) is 85.2 cm³/mol. The highest BCUT2D eigenvalue weighted by atomic mass is 32.1. The summed E-state index contributed by atoms with van der Waals surface area (Å²) in [4.78, 5) is 38.3. The van der Waals surface area contributed by atoms with Crippen molar-refractivity contribution >= 4 is 29.1 Å². The Morgan fingerprint density at radius 1 is 1.39 bits per heavy atom. The first-order valence-corrected chi connectivity index (χ1v) is 8.74. The van der Waals surface area contributed by atoms with Crippen molar-refractivity contribution in [3.05, 3.63) is 22.4 Å². The highest BCUT2D eigenvalue weighted by Crippen LogP contribution is 2.42. The molecule has 23 heavy (non-hydrogen) atoms. The van der Waals surface area contributed by atoms with Crippen molar-refractivity contribution in [3.8, 4) is 0 Å². The number of aliphatic carboxylic acids is 1. The van der Waals surface area contributed by atoms with Crippen molar-refractivity contribution in [1.82, 2.24) is 10.2 Å². The number of carboxylic acids is 1. The van der Waals surface area contributed by atoms with E-state index in [0.29, 0.717) is 11.4 Å². The van der Waals surface area contributed by atoms with Crippen LogP contribution in [0.4, 0.5) is 0 Å². The molecule has 2 heterocycles. The van der Waals surface area contributed by atoms with E-state index in [1.165, 1.54) is 16.2 Å². The SMILES string of the molecule is CC(NC(=O)c1cccs1)C(=O)N1CC2CCCC2C1C(=O)O. The first-order chi connectivity index (χ1) is 11.0. The molecule has 4 unspecified atom stereocenters. The van der Waals surface area contributed by atoms with Crippen LogP contribution in [-0.2, 0) is 9.59 Å². The molecule has 2 N–H and O–H groups in total. The molecule has 0 aromatic carbocycles. The zero-order valence-corrected chi connectivity index (χ0v) is 13.7. The third kappa shape index (κ3) is 2.97. The molecule has 3 rings (SSSR count). The Kier molecular flexibility index (Phi) is 4.39. The normalized spacial score (nSPS) is 27.5. The van der Waals surface area contributed by atoms with Crippen molar-refractivity contribution < 1.29 is 19.5 Å². The summed E-state index contributed by atoms with van der Waals surface area (Å²) < 4.78 is 0. The van der Waals surface area contributed by atoms with Gasteiger partial charge < -0.3 is 15.3 Å². The molecule has 0 radical (unpaired) electrons. The van der Waals surface area contributed by atoms with Crippen LogP contribution in [0, 0.1) is 11.8 Å². The number of amides is 2. The fourth-order valence-corrected chi connectivity index (χ4v) is 4.46. The Morgan fingerprint density at radius 2 is 2.17 bits per heavy atom. The molecule has 0 spiro atoms. The van der Waals surface area contributed by atoms with Crippen LogP contribution in [0.5, 0.6) is 0 Å². The Bertz CT molecular complexity index is 616. The van der Waals surface area contributed by atoms with Crippen molar-refractivity contribution in [2.24, 2.45) is 11.8 Å². The van der Waals surface area contributed by atoms with Gasteiger partial charge >= 0.3 is 5.97 Å². The molecule has 1 saturated carbocycles. The smallest absolute Gasteiger partial charge is 0.326 e. The van der Waals surface area contributed by atoms with Crippen LogP contribution < -0.4 is 5.32 Å². The number of nitrogens with zero attached hydrogens (tertiary/aromatic N) is 1. The first kappa shape index (κ1) is 16.0. The molecule has 7 heteroatoms. The molecule has 1 aliphatic heterocycles. The number of thiophene rings is 1. The minimum atomic E-state index is -0.940. The molecule has 1 aromatic rings. The van der Waals surface area contributed by atoms with Gasteiger partial charge in [0.2, 0.25) is 5.91 Å². The first-order valence-electron chi connectivity index (χ1n) is 7.86. The number of nitrogens with one attached hydrogen (secondary N) is 1. The van der Waals surface area contributed by atoms with Gasteiger partial charge in [-0.15, -0.1) is 11.3 Å². The summed E-state index contributed by atoms with van der Waals surface area (Å²) in [5, 5.41) is 14.0. The Morgan fingerprint density at radius 3 is 2.83 bits per heavy atom. The van der Waals surface area contributed by atoms with Gasteiger partial charge in [0.05, 0.1) is 4.88 Å². The summed E-state index contributed by atoms with van der Waals surface area (Å²) in [5.41, 5.74) is 0. The second-order valence-corrected chi connectivity index (χ2v) is 7.25. The Balaban J connectivity index is 1.69. The van der Waals surface area contributed by atoms with Gasteiger partial charge in [0.1, 0.15) is 12.1 Å². The van der Waals surface area contributed by atoms with Crippen molar-refractivity contribution in [1.29, 1.82) is 0 Å². The van der Waals surface area contributed by atoms with Crippen LogP contribution in [0.25, 0.3) is 0 Å². The number of rotatable bonds is 4. The van der Waals surface area contributed by atoms with E-state index in [0.717, 1.165) is 19.3 Å². The van der Waals surface area contributed by atoms with E-state index in [9.17, 15) is 19.5 Å². The quantitative estimate of drug-likeness (QED) is 0.874. The molecule has 1 aromatic heterocycles. The van der Waals surface area contributed by atoms with Crippen molar-refractivity contribution in [2.45, 2.75) is 38.3 Å². The van der Waals surface area contributed by atoms with E-state index in [1.807, 2.05) is 0 Å². The maximum absolute atomic E-state index is 12.6. The average molecular weight is 336 g/mol. The lowest BCUT2D eigenvalue weighted by Crippen LogP contribution is -2.51. The topological polar surface area (TPSA) is 86.7 Å². The van der Waals surface area contributed by atoms with Gasteiger partial charge in [-0.1, -0.05) is 12.5 Å². The van der Waals surface area contributed by atoms with Gasteiger partial charge in [-0.05, 0) is 43.0 Å². The van der Waals surface area contributed by atoms with Crippen LogP contribution >= 0.6 is 11.3 Å². The molecule has 2 fully saturated rings. The third-order valence-corrected chi connectivity index (χ3v) is 5.76. The molecule has 0 bridgehead atoms. The molecule has 1 aliphatic carbocycles. The number of fused-ring (bicyclic) bond motifs is 1. The molecule has 2 aliphatic rings. The number of carbonyl (C=O) groups excluding carboxylic acids is 2. The van der Waals surface area contributed by atoms with Crippen LogP contribution in [-0.4, -0.2) is 46.4 Å². The fraction of sp³-hybridized carbons (Fsp3) is 0.562. The van der Waals surface area contributed by atoms with Gasteiger partial charge in [-0.25, -0.2) is 4.79 Å². The summed E-state index contributed by atoms with van der Waals surface area (Å²) in [5.74, 6) is -1.22.